The van der Waals surface area contributed by atoms with Gasteiger partial charge in [0.05, 0.1) is 13.2 Å². The van der Waals surface area contributed by atoms with Crippen LogP contribution in [0.5, 0.6) is 5.75 Å². The van der Waals surface area contributed by atoms with Crippen molar-refractivity contribution >= 4 is 0 Å². The van der Waals surface area contributed by atoms with Gasteiger partial charge in [0, 0.05) is 0 Å². The van der Waals surface area contributed by atoms with Crippen LogP contribution < -0.4 is 16.0 Å². The molecule has 0 aliphatic rings. The fraction of sp³-hybridized carbons (Fsp3) is 0.200. The third-order valence-electron chi connectivity index (χ3n) is 3.14. The van der Waals surface area contributed by atoms with Crippen LogP contribution in [0.2, 0.25) is 0 Å². The number of methoxy groups -OCH3 is 1. The van der Waals surface area contributed by atoms with E-state index in [1.165, 1.54) is 19.2 Å². The molecule has 0 spiro atoms. The second kappa shape index (κ2) is 6.45. The molecule has 0 aromatic heterocycles. The molecular formula is C15H16F2N2O. The summed E-state index contributed by atoms with van der Waals surface area (Å²) in [6, 6.07) is 10.6. The second-order valence-corrected chi connectivity index (χ2v) is 4.41. The topological polar surface area (TPSA) is 47.3 Å². The van der Waals surface area contributed by atoms with Gasteiger partial charge in [-0.3, -0.25) is 11.3 Å². The molecule has 1 unspecified atom stereocenters. The number of benzene rings is 2. The van der Waals surface area contributed by atoms with E-state index in [-0.39, 0.29) is 17.6 Å². The number of halogens is 2. The van der Waals surface area contributed by atoms with E-state index in [0.29, 0.717) is 17.5 Å². The van der Waals surface area contributed by atoms with Gasteiger partial charge in [-0.05, 0) is 35.7 Å². The quantitative estimate of drug-likeness (QED) is 0.653. The molecule has 0 radical (unpaired) electrons. The highest BCUT2D eigenvalue weighted by molar-refractivity contribution is 5.33. The Hall–Kier alpha value is -1.98. The van der Waals surface area contributed by atoms with Crippen molar-refractivity contribution in [2.24, 2.45) is 5.84 Å². The van der Waals surface area contributed by atoms with Crippen molar-refractivity contribution in [2.45, 2.75) is 12.5 Å². The summed E-state index contributed by atoms with van der Waals surface area (Å²) >= 11 is 0. The maximum atomic E-state index is 14.1. The lowest BCUT2D eigenvalue weighted by atomic mass is 9.99. The van der Waals surface area contributed by atoms with Crippen molar-refractivity contribution in [2.75, 3.05) is 7.11 Å². The Kier molecular flexibility index (Phi) is 4.65. The third-order valence-corrected chi connectivity index (χ3v) is 3.14. The lowest BCUT2D eigenvalue weighted by molar-refractivity contribution is 0.382. The monoisotopic (exact) mass is 278 g/mol. The zero-order chi connectivity index (χ0) is 14.5. The summed E-state index contributed by atoms with van der Waals surface area (Å²) in [6.07, 6.45) is 0.295. The minimum Gasteiger partial charge on any atom is -0.494 e. The van der Waals surface area contributed by atoms with Crippen molar-refractivity contribution < 1.29 is 13.5 Å². The lowest BCUT2D eigenvalue weighted by Crippen LogP contribution is -2.29. The average Bonchev–Trinajstić information content (AvgIpc) is 2.46. The van der Waals surface area contributed by atoms with E-state index >= 15 is 0 Å². The molecule has 1 atom stereocenters. The first-order valence-electron chi connectivity index (χ1n) is 6.18. The maximum Gasteiger partial charge on any atom is 0.168 e. The predicted octanol–water partition coefficient (Wildman–Crippen LogP) is 2.72. The van der Waals surface area contributed by atoms with E-state index in [9.17, 15) is 8.78 Å². The highest BCUT2D eigenvalue weighted by Crippen LogP contribution is 2.25. The molecule has 2 aromatic rings. The van der Waals surface area contributed by atoms with Gasteiger partial charge in [-0.1, -0.05) is 24.3 Å². The van der Waals surface area contributed by atoms with Gasteiger partial charge in [-0.25, -0.2) is 8.78 Å². The van der Waals surface area contributed by atoms with Crippen LogP contribution >= 0.6 is 0 Å². The zero-order valence-electron chi connectivity index (χ0n) is 11.1. The van der Waals surface area contributed by atoms with Crippen molar-refractivity contribution in [1.29, 1.82) is 0 Å². The summed E-state index contributed by atoms with van der Waals surface area (Å²) in [5, 5.41) is 0. The molecule has 0 bridgehead atoms. The van der Waals surface area contributed by atoms with Crippen LogP contribution in [0.4, 0.5) is 8.78 Å². The van der Waals surface area contributed by atoms with E-state index in [1.807, 2.05) is 0 Å². The van der Waals surface area contributed by atoms with Crippen LogP contribution in [0.25, 0.3) is 0 Å². The Balaban J connectivity index is 2.27. The first-order valence-corrected chi connectivity index (χ1v) is 6.18. The molecule has 0 amide bonds. The molecular weight excluding hydrogens is 262 g/mol. The molecule has 106 valence electrons. The predicted molar refractivity (Wildman–Crippen MR) is 73.1 cm³/mol. The van der Waals surface area contributed by atoms with Gasteiger partial charge in [0.15, 0.2) is 11.6 Å². The van der Waals surface area contributed by atoms with Crippen molar-refractivity contribution in [3.63, 3.8) is 0 Å². The number of hydrogen-bond acceptors (Lipinski definition) is 3. The first kappa shape index (κ1) is 14.4. The second-order valence-electron chi connectivity index (χ2n) is 4.41. The van der Waals surface area contributed by atoms with Crippen molar-refractivity contribution in [3.8, 4) is 5.75 Å². The maximum absolute atomic E-state index is 14.1. The number of nitrogens with one attached hydrogen (secondary N) is 1. The molecule has 2 aromatic carbocycles. The summed E-state index contributed by atoms with van der Waals surface area (Å²) < 4.78 is 32.3. The Morgan fingerprint density at radius 2 is 1.95 bits per heavy atom. The van der Waals surface area contributed by atoms with Gasteiger partial charge in [-0.2, -0.15) is 0 Å². The van der Waals surface area contributed by atoms with Gasteiger partial charge in [0.2, 0.25) is 0 Å². The lowest BCUT2D eigenvalue weighted by Gasteiger charge is -2.17. The van der Waals surface area contributed by atoms with E-state index < -0.39 is 5.82 Å². The van der Waals surface area contributed by atoms with E-state index in [0.717, 1.165) is 0 Å². The highest BCUT2D eigenvalue weighted by Gasteiger charge is 2.15. The molecule has 0 aliphatic carbocycles. The largest absolute Gasteiger partial charge is 0.494 e. The van der Waals surface area contributed by atoms with Gasteiger partial charge < -0.3 is 4.74 Å². The molecule has 2 rings (SSSR count). The normalized spacial score (nSPS) is 12.2. The number of rotatable bonds is 5. The number of hydrazine groups is 1. The Labute approximate surface area is 116 Å². The van der Waals surface area contributed by atoms with Gasteiger partial charge in [0.1, 0.15) is 5.82 Å². The van der Waals surface area contributed by atoms with Gasteiger partial charge >= 0.3 is 0 Å². The fourth-order valence-electron chi connectivity index (χ4n) is 2.09. The number of hydrogen-bond donors (Lipinski definition) is 2. The molecule has 0 saturated carbocycles. The molecule has 20 heavy (non-hydrogen) atoms. The van der Waals surface area contributed by atoms with Gasteiger partial charge in [-0.15, -0.1) is 0 Å². The molecule has 0 aliphatic heterocycles. The standard InChI is InChI=1S/C15H16F2N2O/c1-20-14-7-3-5-11(15(14)17)9-13(19-18)10-4-2-6-12(16)8-10/h2-8,13,19H,9,18H2,1H3. The highest BCUT2D eigenvalue weighted by atomic mass is 19.1. The van der Waals surface area contributed by atoms with Gasteiger partial charge in [0.25, 0.3) is 0 Å². The summed E-state index contributed by atoms with van der Waals surface area (Å²) in [4.78, 5) is 0. The molecule has 3 nitrogen and oxygen atoms in total. The summed E-state index contributed by atoms with van der Waals surface area (Å²) in [5.41, 5.74) is 3.70. The van der Waals surface area contributed by atoms with Crippen LogP contribution in [-0.4, -0.2) is 7.11 Å². The number of nitrogens with two attached hydrogens (primary N) is 1. The average molecular weight is 278 g/mol. The molecule has 0 heterocycles. The third kappa shape index (κ3) is 3.12. The van der Waals surface area contributed by atoms with Crippen molar-refractivity contribution in [3.05, 3.63) is 65.2 Å². The molecule has 0 saturated heterocycles. The van der Waals surface area contributed by atoms with Crippen LogP contribution in [0, 0.1) is 11.6 Å². The minimum absolute atomic E-state index is 0.178. The Morgan fingerprint density at radius 3 is 2.60 bits per heavy atom. The fourth-order valence-corrected chi connectivity index (χ4v) is 2.09. The molecule has 3 N–H and O–H groups in total. The SMILES string of the molecule is COc1cccc(CC(NN)c2cccc(F)c2)c1F. The molecule has 5 heteroatoms. The zero-order valence-corrected chi connectivity index (χ0v) is 11.1. The van der Waals surface area contributed by atoms with E-state index in [1.54, 1.807) is 30.3 Å². The Morgan fingerprint density at radius 1 is 1.20 bits per heavy atom. The van der Waals surface area contributed by atoms with E-state index in [4.69, 9.17) is 10.6 Å². The smallest absolute Gasteiger partial charge is 0.168 e. The van der Waals surface area contributed by atoms with E-state index in [2.05, 4.69) is 5.43 Å². The number of ether oxygens (including phenoxy) is 1. The summed E-state index contributed by atoms with van der Waals surface area (Å²) in [7, 11) is 1.41. The van der Waals surface area contributed by atoms with Crippen LogP contribution in [0.1, 0.15) is 17.2 Å². The minimum atomic E-state index is -0.424. The summed E-state index contributed by atoms with van der Waals surface area (Å²) in [5.74, 6) is 4.90. The van der Waals surface area contributed by atoms with Crippen LogP contribution in [0.3, 0.4) is 0 Å². The summed E-state index contributed by atoms with van der Waals surface area (Å²) in [6.45, 7) is 0. The first-order chi connectivity index (χ1) is 9.65. The van der Waals surface area contributed by atoms with Crippen molar-refractivity contribution in [1.82, 2.24) is 5.43 Å². The van der Waals surface area contributed by atoms with Crippen LogP contribution in [-0.2, 0) is 6.42 Å². The van der Waals surface area contributed by atoms with Crippen LogP contribution in [0.15, 0.2) is 42.5 Å². The molecule has 0 fully saturated rings. The Bertz CT molecular complexity index is 590.